The molecule has 0 unspecified atom stereocenters. The lowest BCUT2D eigenvalue weighted by atomic mass is 9.90. The molecule has 0 radical (unpaired) electrons. The highest BCUT2D eigenvalue weighted by molar-refractivity contribution is 6.37. The van der Waals surface area contributed by atoms with E-state index in [9.17, 15) is 36.7 Å². The van der Waals surface area contributed by atoms with Crippen LogP contribution in [-0.2, 0) is 36.0 Å². The minimum absolute atomic E-state index is 0.00179. The molecule has 0 bridgehead atoms. The largest absolute Gasteiger partial charge is 0.460 e. The average molecular weight is 659 g/mol. The topological polar surface area (TPSA) is 104 Å². The molecule has 1 fully saturated rings. The maximum Gasteiger partial charge on any atom is 0.445 e. The fraction of sp³-hybridized carbons (Fsp3) is 0.273. The molecule has 1 saturated carbocycles. The van der Waals surface area contributed by atoms with Gasteiger partial charge in [-0.25, -0.2) is 14.0 Å². The molecule has 1 aromatic heterocycles. The summed E-state index contributed by atoms with van der Waals surface area (Å²) >= 11 is 5.78. The number of anilines is 1. The van der Waals surface area contributed by atoms with Gasteiger partial charge in [-0.2, -0.15) is 13.2 Å². The second-order valence-corrected chi connectivity index (χ2v) is 10.7. The van der Waals surface area contributed by atoms with Gasteiger partial charge in [0.05, 0.1) is 18.7 Å². The molecule has 0 saturated heterocycles. The SMILES string of the molecule is CCOC(=O)C(=O)CC(=O)/C=C/c1cccn1Cc1ccc(F)cc1.O=C1Nc2ccc(Cl)cc2[C@@](C#CC2CC2)(C(F)(F)F)O1. The molecule has 1 atom stereocenters. The lowest BCUT2D eigenvalue weighted by Crippen LogP contribution is -2.49. The number of benzene rings is 2. The van der Waals surface area contributed by atoms with Crippen molar-refractivity contribution in [1.29, 1.82) is 0 Å². The van der Waals surface area contributed by atoms with Crippen molar-refractivity contribution in [1.82, 2.24) is 4.57 Å². The highest BCUT2D eigenvalue weighted by atomic mass is 35.5. The van der Waals surface area contributed by atoms with Crippen LogP contribution in [0, 0.1) is 23.6 Å². The van der Waals surface area contributed by atoms with Crippen molar-refractivity contribution in [3.63, 3.8) is 0 Å². The van der Waals surface area contributed by atoms with E-state index in [1.54, 1.807) is 31.2 Å². The molecule has 2 aliphatic rings. The van der Waals surface area contributed by atoms with Crippen LogP contribution in [0.15, 0.2) is 66.9 Å². The van der Waals surface area contributed by atoms with Gasteiger partial charge in [-0.1, -0.05) is 29.7 Å². The van der Waals surface area contributed by atoms with Crippen LogP contribution in [0.2, 0.25) is 5.02 Å². The Hall–Kier alpha value is -4.89. The highest BCUT2D eigenvalue weighted by Crippen LogP contribution is 2.48. The van der Waals surface area contributed by atoms with Gasteiger partial charge in [0.2, 0.25) is 5.78 Å². The smallest absolute Gasteiger partial charge is 0.445 e. The average Bonchev–Trinajstić information content (AvgIpc) is 3.73. The number of hydrogen-bond donors (Lipinski definition) is 1. The van der Waals surface area contributed by atoms with Gasteiger partial charge in [-0.15, -0.1) is 0 Å². The Morgan fingerprint density at radius 2 is 1.87 bits per heavy atom. The number of carbonyl (C=O) groups excluding carboxylic acids is 4. The number of ketones is 2. The maximum absolute atomic E-state index is 13.6. The van der Waals surface area contributed by atoms with Gasteiger partial charge in [0.1, 0.15) is 5.82 Å². The van der Waals surface area contributed by atoms with Gasteiger partial charge in [-0.3, -0.25) is 14.9 Å². The fourth-order valence-electron chi connectivity index (χ4n) is 4.24. The number of carbonyl (C=O) groups is 4. The van der Waals surface area contributed by atoms with E-state index in [1.165, 1.54) is 30.3 Å². The molecule has 13 heteroatoms. The molecule has 2 heterocycles. The minimum Gasteiger partial charge on any atom is -0.460 e. The summed E-state index contributed by atoms with van der Waals surface area (Å²) in [6.45, 7) is 2.19. The lowest BCUT2D eigenvalue weighted by molar-refractivity contribution is -0.239. The van der Waals surface area contributed by atoms with Crippen LogP contribution < -0.4 is 5.32 Å². The summed E-state index contributed by atoms with van der Waals surface area (Å²) in [6, 6.07) is 13.6. The van der Waals surface area contributed by atoms with E-state index in [0.29, 0.717) is 6.54 Å². The number of ether oxygens (including phenoxy) is 2. The van der Waals surface area contributed by atoms with Gasteiger partial charge < -0.3 is 14.0 Å². The summed E-state index contributed by atoms with van der Waals surface area (Å²) in [7, 11) is 0. The standard InChI is InChI=1S/C19H18FNO4.C14H9ClF3NO2/c1-2-25-19(24)18(23)12-17(22)10-9-16-4-3-11-21(16)13-14-5-7-15(20)8-6-14;15-9-3-4-11-10(7-9)13(14(16,17)18,21-12(20)19-11)6-5-8-1-2-8/h3-11H,2,12-13H2,1H3;3-4,7-8H,1-2H2,(H,19,20)/b10-9+;/t;13-/m.0/s1. The molecule has 240 valence electrons. The van der Waals surface area contributed by atoms with Gasteiger partial charge in [0.25, 0.3) is 5.60 Å². The van der Waals surface area contributed by atoms with Crippen LogP contribution in [0.3, 0.4) is 0 Å². The Morgan fingerprint density at radius 3 is 2.52 bits per heavy atom. The van der Waals surface area contributed by atoms with E-state index >= 15 is 0 Å². The van der Waals surface area contributed by atoms with Crippen molar-refractivity contribution < 1.29 is 46.2 Å². The van der Waals surface area contributed by atoms with Crippen molar-refractivity contribution in [3.8, 4) is 11.8 Å². The third kappa shape index (κ3) is 8.63. The van der Waals surface area contributed by atoms with Crippen molar-refractivity contribution >= 4 is 47.0 Å². The number of amides is 1. The predicted octanol–water partition coefficient (Wildman–Crippen LogP) is 6.85. The molecule has 46 heavy (non-hydrogen) atoms. The van der Waals surface area contributed by atoms with Crippen LogP contribution >= 0.6 is 11.6 Å². The van der Waals surface area contributed by atoms with Crippen LogP contribution in [0.25, 0.3) is 6.08 Å². The molecule has 1 aliphatic carbocycles. The third-order valence-electron chi connectivity index (χ3n) is 6.68. The molecule has 5 rings (SSSR count). The van der Waals surface area contributed by atoms with E-state index in [1.807, 2.05) is 16.8 Å². The molecule has 1 amide bonds. The Balaban J connectivity index is 0.000000211. The fourth-order valence-corrected chi connectivity index (χ4v) is 4.41. The van der Waals surface area contributed by atoms with E-state index in [2.05, 4.69) is 26.6 Å². The molecule has 2 aromatic carbocycles. The summed E-state index contributed by atoms with van der Waals surface area (Å²) in [5.41, 5.74) is -1.61. The summed E-state index contributed by atoms with van der Waals surface area (Å²) in [6.07, 6.45) is -0.396. The van der Waals surface area contributed by atoms with E-state index in [-0.39, 0.29) is 34.6 Å². The normalized spacial score (nSPS) is 17.0. The number of rotatable bonds is 8. The van der Waals surface area contributed by atoms with Gasteiger partial charge >= 0.3 is 18.2 Å². The predicted molar refractivity (Wildman–Crippen MR) is 160 cm³/mol. The Kier molecular flexibility index (Phi) is 10.7. The first-order chi connectivity index (χ1) is 21.8. The zero-order valence-corrected chi connectivity index (χ0v) is 25.1. The maximum atomic E-state index is 13.6. The van der Waals surface area contributed by atoms with Crippen molar-refractivity contribution in [3.05, 3.63) is 94.5 Å². The number of aromatic nitrogens is 1. The highest BCUT2D eigenvalue weighted by Gasteiger charge is 2.62. The lowest BCUT2D eigenvalue weighted by Gasteiger charge is -2.35. The summed E-state index contributed by atoms with van der Waals surface area (Å²) in [5.74, 6) is 1.97. The van der Waals surface area contributed by atoms with Crippen molar-refractivity contribution in [2.75, 3.05) is 11.9 Å². The number of esters is 1. The van der Waals surface area contributed by atoms with Crippen molar-refractivity contribution in [2.24, 2.45) is 5.92 Å². The first-order valence-corrected chi connectivity index (χ1v) is 14.4. The number of nitrogens with one attached hydrogen (secondary N) is 1. The number of allylic oxidation sites excluding steroid dienone is 1. The number of Topliss-reactive ketones (excluding diaryl/α,β-unsaturated/α-hetero) is 1. The number of cyclic esters (lactones) is 1. The first kappa shape index (κ1) is 34.0. The molecule has 1 aliphatic heterocycles. The zero-order valence-electron chi connectivity index (χ0n) is 24.3. The quantitative estimate of drug-likeness (QED) is 0.0709. The van der Waals surface area contributed by atoms with E-state index in [4.69, 9.17) is 11.6 Å². The summed E-state index contributed by atoms with van der Waals surface area (Å²) in [5, 5.41) is 2.34. The van der Waals surface area contributed by atoms with Gasteiger partial charge in [0.15, 0.2) is 5.78 Å². The summed E-state index contributed by atoms with van der Waals surface area (Å²) in [4.78, 5) is 46.0. The molecular weight excluding hydrogens is 632 g/mol. The third-order valence-corrected chi connectivity index (χ3v) is 6.92. The number of hydrogen-bond acceptors (Lipinski definition) is 6. The molecule has 3 aromatic rings. The molecule has 0 spiro atoms. The molecular formula is C33H27ClF4N2O6. The Morgan fingerprint density at radius 1 is 1.15 bits per heavy atom. The monoisotopic (exact) mass is 658 g/mol. The Labute approximate surface area is 266 Å². The second kappa shape index (κ2) is 14.5. The number of nitrogens with zero attached hydrogens (tertiary/aromatic N) is 1. The number of alkyl halides is 3. The van der Waals surface area contributed by atoms with Crippen LogP contribution in [0.5, 0.6) is 0 Å². The van der Waals surface area contributed by atoms with Gasteiger partial charge in [0, 0.05) is 34.9 Å². The zero-order chi connectivity index (χ0) is 33.5. The minimum atomic E-state index is -4.87. The molecule has 1 N–H and O–H groups in total. The second-order valence-electron chi connectivity index (χ2n) is 10.2. The van der Waals surface area contributed by atoms with Crippen molar-refractivity contribution in [2.45, 2.75) is 44.5 Å². The van der Waals surface area contributed by atoms with Crippen LogP contribution in [0.1, 0.15) is 43.0 Å². The van der Waals surface area contributed by atoms with E-state index in [0.717, 1.165) is 30.2 Å². The number of halogens is 5. The summed E-state index contributed by atoms with van der Waals surface area (Å²) < 4.78 is 64.8. The van der Waals surface area contributed by atoms with E-state index < -0.39 is 41.8 Å². The van der Waals surface area contributed by atoms with Crippen LogP contribution in [-0.4, -0.2) is 41.0 Å². The number of fused-ring (bicyclic) bond motifs is 1. The Bertz CT molecular complexity index is 1720. The van der Waals surface area contributed by atoms with Crippen LogP contribution in [0.4, 0.5) is 28.0 Å². The van der Waals surface area contributed by atoms with Gasteiger partial charge in [-0.05, 0) is 85.9 Å². The first-order valence-electron chi connectivity index (χ1n) is 14.0. The molecule has 8 nitrogen and oxygen atoms in total.